The van der Waals surface area contributed by atoms with Crippen molar-refractivity contribution in [3.8, 4) is 0 Å². The first-order valence-corrected chi connectivity index (χ1v) is 5.96. The van der Waals surface area contributed by atoms with Crippen LogP contribution in [0.5, 0.6) is 0 Å². The first-order chi connectivity index (χ1) is 8.45. The second-order valence-electron chi connectivity index (χ2n) is 4.24. The Hall–Kier alpha value is -2.08. The van der Waals surface area contributed by atoms with Gasteiger partial charge in [-0.15, -0.1) is 0 Å². The predicted molar refractivity (Wildman–Crippen MR) is 72.7 cm³/mol. The van der Waals surface area contributed by atoms with E-state index in [2.05, 4.69) is 72.8 Å². The maximum absolute atomic E-state index is 2.22. The van der Waals surface area contributed by atoms with Crippen LogP contribution in [0.2, 0.25) is 0 Å². The van der Waals surface area contributed by atoms with Gasteiger partial charge < -0.3 is 0 Å². The van der Waals surface area contributed by atoms with Crippen molar-refractivity contribution in [3.63, 3.8) is 0 Å². The zero-order valence-corrected chi connectivity index (χ0v) is 9.64. The van der Waals surface area contributed by atoms with Gasteiger partial charge in [0.05, 0.1) is 0 Å². The van der Waals surface area contributed by atoms with Crippen molar-refractivity contribution < 1.29 is 0 Å². The molecule has 0 saturated heterocycles. The van der Waals surface area contributed by atoms with Gasteiger partial charge in [-0.2, -0.15) is 0 Å². The summed E-state index contributed by atoms with van der Waals surface area (Å²) in [5.74, 6) is 0. The van der Waals surface area contributed by atoms with Gasteiger partial charge in [-0.05, 0) is 28.7 Å². The van der Waals surface area contributed by atoms with E-state index in [9.17, 15) is 0 Å². The van der Waals surface area contributed by atoms with Gasteiger partial charge in [-0.3, -0.25) is 0 Å². The molecule has 0 bridgehead atoms. The lowest BCUT2D eigenvalue weighted by molar-refractivity contribution is 1.19. The fourth-order valence-corrected chi connectivity index (χ4v) is 2.17. The second-order valence-corrected chi connectivity index (χ2v) is 4.24. The van der Waals surface area contributed by atoms with Gasteiger partial charge in [-0.25, -0.2) is 0 Å². The molecule has 2 aromatic carbocycles. The lowest BCUT2D eigenvalue weighted by atomic mass is 9.87. The van der Waals surface area contributed by atoms with Crippen molar-refractivity contribution in [2.75, 3.05) is 0 Å². The normalized spacial score (nSPS) is 13.3. The maximum Gasteiger partial charge on any atom is -0.00763 e. The van der Waals surface area contributed by atoms with Gasteiger partial charge in [0.1, 0.15) is 0 Å². The van der Waals surface area contributed by atoms with Crippen LogP contribution >= 0.6 is 0 Å². The Balaban J connectivity index is 2.16. The summed E-state index contributed by atoms with van der Waals surface area (Å²) in [5, 5.41) is 0. The molecular weight excluding hydrogens is 204 g/mol. The van der Waals surface area contributed by atoms with Gasteiger partial charge in [0.2, 0.25) is 0 Å². The van der Waals surface area contributed by atoms with Gasteiger partial charge in [0.25, 0.3) is 0 Å². The van der Waals surface area contributed by atoms with E-state index in [4.69, 9.17) is 0 Å². The third-order valence-corrected chi connectivity index (χ3v) is 3.10. The highest BCUT2D eigenvalue weighted by Crippen LogP contribution is 2.32. The third kappa shape index (κ3) is 1.94. The fraction of sp³-hybridized carbons (Fsp3) is 0.0588. The van der Waals surface area contributed by atoms with Gasteiger partial charge in [0.15, 0.2) is 0 Å². The van der Waals surface area contributed by atoms with Crippen molar-refractivity contribution in [2.24, 2.45) is 0 Å². The molecule has 0 saturated carbocycles. The highest BCUT2D eigenvalue weighted by Gasteiger charge is 2.12. The minimum absolute atomic E-state index is 1.08. The van der Waals surface area contributed by atoms with E-state index in [1.165, 1.54) is 22.3 Å². The van der Waals surface area contributed by atoms with Crippen LogP contribution in [0.25, 0.3) is 5.57 Å². The van der Waals surface area contributed by atoms with Crippen molar-refractivity contribution in [1.29, 1.82) is 0 Å². The molecule has 0 heterocycles. The van der Waals surface area contributed by atoms with E-state index in [0.717, 1.165) is 6.42 Å². The summed E-state index contributed by atoms with van der Waals surface area (Å²) in [5.41, 5.74) is 5.41. The largest absolute Gasteiger partial charge is 0.0798 e. The molecule has 0 atom stereocenters. The topological polar surface area (TPSA) is 0 Å². The average Bonchev–Trinajstić information content (AvgIpc) is 2.36. The summed E-state index contributed by atoms with van der Waals surface area (Å²) in [6.45, 7) is 0. The summed E-state index contributed by atoms with van der Waals surface area (Å²) in [6.07, 6.45) is 5.51. The fourth-order valence-electron chi connectivity index (χ4n) is 2.17. The zero-order chi connectivity index (χ0) is 11.5. The summed E-state index contributed by atoms with van der Waals surface area (Å²) < 4.78 is 0. The van der Waals surface area contributed by atoms with Crippen LogP contribution in [0, 0.1) is 0 Å². The highest BCUT2D eigenvalue weighted by molar-refractivity contribution is 5.84. The molecular formula is C17H14. The summed E-state index contributed by atoms with van der Waals surface area (Å²) in [4.78, 5) is 0. The Bertz CT molecular complexity index is 518. The molecule has 0 N–H and O–H groups in total. The Morgan fingerprint density at radius 1 is 0.706 bits per heavy atom. The molecule has 1 aliphatic carbocycles. The zero-order valence-electron chi connectivity index (χ0n) is 9.64. The molecule has 0 heteroatoms. The van der Waals surface area contributed by atoms with E-state index in [1.54, 1.807) is 0 Å². The number of allylic oxidation sites excluding steroid dienone is 3. The Labute approximate surface area is 102 Å². The molecule has 17 heavy (non-hydrogen) atoms. The van der Waals surface area contributed by atoms with Crippen LogP contribution < -0.4 is 0 Å². The minimum atomic E-state index is 1.08. The number of rotatable bonds is 2. The smallest absolute Gasteiger partial charge is 0.00763 e. The molecule has 0 spiro atoms. The van der Waals surface area contributed by atoms with E-state index in [1.807, 2.05) is 0 Å². The molecule has 0 nitrogen and oxygen atoms in total. The molecule has 1 aliphatic rings. The molecule has 2 aromatic rings. The summed E-state index contributed by atoms with van der Waals surface area (Å²) in [6, 6.07) is 21.2. The monoisotopic (exact) mass is 218 g/mol. The average molecular weight is 218 g/mol. The molecule has 0 radical (unpaired) electrons. The minimum Gasteiger partial charge on any atom is -0.0798 e. The van der Waals surface area contributed by atoms with Crippen LogP contribution in [0.3, 0.4) is 0 Å². The lowest BCUT2D eigenvalue weighted by Crippen LogP contribution is -1.96. The number of hydrogen-bond donors (Lipinski definition) is 0. The quantitative estimate of drug-likeness (QED) is 0.698. The SMILES string of the molecule is C1=CC(=C(c2ccccc2)c2ccccc2)C1. The van der Waals surface area contributed by atoms with Crippen molar-refractivity contribution in [1.82, 2.24) is 0 Å². The molecule has 0 unspecified atom stereocenters. The second kappa shape index (κ2) is 4.42. The van der Waals surface area contributed by atoms with E-state index < -0.39 is 0 Å². The first-order valence-electron chi connectivity index (χ1n) is 5.96. The summed E-state index contributed by atoms with van der Waals surface area (Å²) >= 11 is 0. The lowest BCUT2D eigenvalue weighted by Gasteiger charge is -2.17. The Kier molecular flexibility index (Phi) is 2.63. The van der Waals surface area contributed by atoms with Crippen molar-refractivity contribution in [3.05, 3.63) is 89.5 Å². The van der Waals surface area contributed by atoms with Crippen LogP contribution in [0.4, 0.5) is 0 Å². The van der Waals surface area contributed by atoms with Crippen LogP contribution in [0.15, 0.2) is 78.4 Å². The molecule has 0 fully saturated rings. The molecule has 0 aliphatic heterocycles. The molecule has 0 amide bonds. The number of benzene rings is 2. The Morgan fingerprint density at radius 2 is 1.18 bits per heavy atom. The van der Waals surface area contributed by atoms with Crippen molar-refractivity contribution >= 4 is 5.57 Å². The first kappa shape index (κ1) is 10.1. The highest BCUT2D eigenvalue weighted by atomic mass is 14.2. The van der Waals surface area contributed by atoms with Crippen LogP contribution in [-0.2, 0) is 0 Å². The van der Waals surface area contributed by atoms with Crippen molar-refractivity contribution in [2.45, 2.75) is 6.42 Å². The Morgan fingerprint density at radius 3 is 1.53 bits per heavy atom. The van der Waals surface area contributed by atoms with Gasteiger partial charge >= 0.3 is 0 Å². The molecule has 82 valence electrons. The van der Waals surface area contributed by atoms with E-state index in [-0.39, 0.29) is 0 Å². The molecule has 3 rings (SSSR count). The van der Waals surface area contributed by atoms with Gasteiger partial charge in [-0.1, -0.05) is 72.8 Å². The van der Waals surface area contributed by atoms with Crippen LogP contribution in [-0.4, -0.2) is 0 Å². The predicted octanol–water partition coefficient (Wildman–Crippen LogP) is 4.45. The maximum atomic E-state index is 2.22. The number of hydrogen-bond acceptors (Lipinski definition) is 0. The van der Waals surface area contributed by atoms with Crippen LogP contribution in [0.1, 0.15) is 17.5 Å². The van der Waals surface area contributed by atoms with E-state index >= 15 is 0 Å². The standard InChI is InChI=1S/C17H14/c1-3-8-14(9-4-1)17(16-12-7-13-16)15-10-5-2-6-11-15/h1-12H,13H2. The molecule has 0 aromatic heterocycles. The third-order valence-electron chi connectivity index (χ3n) is 3.10. The summed E-state index contributed by atoms with van der Waals surface area (Å²) in [7, 11) is 0. The van der Waals surface area contributed by atoms with Gasteiger partial charge in [0, 0.05) is 0 Å². The van der Waals surface area contributed by atoms with E-state index in [0.29, 0.717) is 0 Å².